The van der Waals surface area contributed by atoms with Gasteiger partial charge < -0.3 is 8.83 Å². The first-order valence-electron chi connectivity index (χ1n) is 8.49. The molecule has 0 saturated carbocycles. The summed E-state index contributed by atoms with van der Waals surface area (Å²) in [5.74, 6) is -1.18. The van der Waals surface area contributed by atoms with Gasteiger partial charge in [0.15, 0.2) is 0 Å². The van der Waals surface area contributed by atoms with Gasteiger partial charge in [0.25, 0.3) is 11.8 Å². The molecule has 0 spiro atoms. The van der Waals surface area contributed by atoms with Crippen LogP contribution >= 0.6 is 0 Å². The first kappa shape index (κ1) is 18.8. The second kappa shape index (κ2) is 9.67. The third kappa shape index (κ3) is 5.53. The first-order valence-corrected chi connectivity index (χ1v) is 8.49. The number of carbonyl (C=O) groups excluding carboxylic acids is 2. The highest BCUT2D eigenvalue weighted by molar-refractivity contribution is 6.01. The van der Waals surface area contributed by atoms with Crippen LogP contribution in [0.4, 0.5) is 0 Å². The molecule has 28 heavy (non-hydrogen) atoms. The Bertz CT molecular complexity index is 874. The van der Waals surface area contributed by atoms with Crippen molar-refractivity contribution in [1.82, 2.24) is 10.9 Å². The van der Waals surface area contributed by atoms with Crippen molar-refractivity contribution in [2.24, 2.45) is 16.1 Å². The molecule has 0 bridgehead atoms. The smallest absolute Gasteiger partial charge is 0.253 e. The second-order valence-electron chi connectivity index (χ2n) is 5.74. The standard InChI is InChI=1S/C20H18N4O4/c25-19(23-21-13-16-8-4-10-27-16)18(12-15-6-2-1-3-7-15)20(26)24-22-14-17-9-5-11-28-17/h1-11,13-14,18H,12H2,(H,23,25)(H,24,26)/b21-13-,22-14-. The summed E-state index contributed by atoms with van der Waals surface area (Å²) >= 11 is 0. The van der Waals surface area contributed by atoms with Gasteiger partial charge >= 0.3 is 0 Å². The molecule has 0 aliphatic heterocycles. The van der Waals surface area contributed by atoms with E-state index in [1.165, 1.54) is 25.0 Å². The average Bonchev–Trinajstić information content (AvgIpc) is 3.41. The summed E-state index contributed by atoms with van der Waals surface area (Å²) in [6, 6.07) is 16.0. The van der Waals surface area contributed by atoms with Gasteiger partial charge in [-0.25, -0.2) is 10.9 Å². The van der Waals surface area contributed by atoms with E-state index in [1.807, 2.05) is 30.3 Å². The molecular formula is C20H18N4O4. The van der Waals surface area contributed by atoms with Crippen LogP contribution in [0.5, 0.6) is 0 Å². The largest absolute Gasteiger partial charge is 0.463 e. The van der Waals surface area contributed by atoms with Crippen LogP contribution in [0.15, 0.2) is 86.2 Å². The Morgan fingerprint density at radius 3 is 1.82 bits per heavy atom. The van der Waals surface area contributed by atoms with E-state index in [0.29, 0.717) is 11.5 Å². The van der Waals surface area contributed by atoms with E-state index in [9.17, 15) is 9.59 Å². The molecule has 2 N–H and O–H groups in total. The molecule has 2 amide bonds. The number of rotatable bonds is 8. The molecule has 3 aromatic rings. The van der Waals surface area contributed by atoms with Crippen molar-refractivity contribution < 1.29 is 18.4 Å². The molecule has 0 aliphatic rings. The Morgan fingerprint density at radius 1 is 0.821 bits per heavy atom. The number of hydrogen-bond acceptors (Lipinski definition) is 6. The Labute approximate surface area is 160 Å². The quantitative estimate of drug-likeness (QED) is 0.356. The summed E-state index contributed by atoms with van der Waals surface area (Å²) < 4.78 is 10.2. The first-order chi connectivity index (χ1) is 13.7. The summed E-state index contributed by atoms with van der Waals surface area (Å²) in [6.45, 7) is 0. The van der Waals surface area contributed by atoms with Gasteiger partial charge in [-0.1, -0.05) is 30.3 Å². The molecule has 0 radical (unpaired) electrons. The zero-order valence-electron chi connectivity index (χ0n) is 14.8. The van der Waals surface area contributed by atoms with E-state index in [0.717, 1.165) is 5.56 Å². The molecule has 3 rings (SSSR count). The highest BCUT2D eigenvalue weighted by Gasteiger charge is 2.26. The number of amides is 2. The zero-order chi connectivity index (χ0) is 19.6. The topological polar surface area (TPSA) is 109 Å². The van der Waals surface area contributed by atoms with Gasteiger partial charge in [-0.2, -0.15) is 10.2 Å². The van der Waals surface area contributed by atoms with Crippen molar-refractivity contribution in [3.05, 3.63) is 84.2 Å². The van der Waals surface area contributed by atoms with E-state index < -0.39 is 17.7 Å². The van der Waals surface area contributed by atoms with Crippen LogP contribution in [0.3, 0.4) is 0 Å². The summed E-state index contributed by atoms with van der Waals surface area (Å²) in [5.41, 5.74) is 5.57. The van der Waals surface area contributed by atoms with Crippen LogP contribution in [0.25, 0.3) is 0 Å². The van der Waals surface area contributed by atoms with E-state index in [1.54, 1.807) is 24.3 Å². The molecule has 0 fully saturated rings. The normalized spacial score (nSPS) is 11.3. The Morgan fingerprint density at radius 2 is 1.36 bits per heavy atom. The van der Waals surface area contributed by atoms with E-state index in [2.05, 4.69) is 21.1 Å². The summed E-state index contributed by atoms with van der Waals surface area (Å²) in [4.78, 5) is 25.0. The minimum absolute atomic E-state index is 0.199. The predicted molar refractivity (Wildman–Crippen MR) is 103 cm³/mol. The monoisotopic (exact) mass is 378 g/mol. The molecule has 2 heterocycles. The van der Waals surface area contributed by atoms with E-state index >= 15 is 0 Å². The van der Waals surface area contributed by atoms with Crippen molar-refractivity contribution in [3.63, 3.8) is 0 Å². The number of benzene rings is 1. The molecule has 1 aromatic carbocycles. The van der Waals surface area contributed by atoms with Crippen LogP contribution in [-0.2, 0) is 16.0 Å². The zero-order valence-corrected chi connectivity index (χ0v) is 14.8. The van der Waals surface area contributed by atoms with Crippen LogP contribution in [0.2, 0.25) is 0 Å². The summed E-state index contributed by atoms with van der Waals surface area (Å²) in [6.07, 6.45) is 5.89. The maximum Gasteiger partial charge on any atom is 0.253 e. The molecule has 2 aromatic heterocycles. The fourth-order valence-corrected chi connectivity index (χ4v) is 2.36. The van der Waals surface area contributed by atoms with Gasteiger partial charge in [0.1, 0.15) is 17.4 Å². The highest BCUT2D eigenvalue weighted by Crippen LogP contribution is 2.10. The van der Waals surface area contributed by atoms with Gasteiger partial charge in [0.2, 0.25) is 0 Å². The molecule has 8 nitrogen and oxygen atoms in total. The lowest BCUT2D eigenvalue weighted by Crippen LogP contribution is -2.39. The number of nitrogens with zero attached hydrogens (tertiary/aromatic N) is 2. The molecule has 0 aliphatic carbocycles. The minimum Gasteiger partial charge on any atom is -0.463 e. The Kier molecular flexibility index (Phi) is 6.51. The van der Waals surface area contributed by atoms with Crippen molar-refractivity contribution >= 4 is 24.2 Å². The fraction of sp³-hybridized carbons (Fsp3) is 0.100. The van der Waals surface area contributed by atoms with Crippen LogP contribution in [0, 0.1) is 5.92 Å². The fourth-order valence-electron chi connectivity index (χ4n) is 2.36. The molecule has 142 valence electrons. The SMILES string of the molecule is O=C(N/N=C\c1ccco1)C(Cc1ccccc1)C(=O)N/N=C\c1ccco1. The van der Waals surface area contributed by atoms with Gasteiger partial charge in [-0.3, -0.25) is 9.59 Å². The van der Waals surface area contributed by atoms with Crippen LogP contribution in [0.1, 0.15) is 17.1 Å². The Hall–Kier alpha value is -3.94. The maximum atomic E-state index is 12.5. The van der Waals surface area contributed by atoms with Gasteiger partial charge in [-0.15, -0.1) is 0 Å². The minimum atomic E-state index is -1.02. The van der Waals surface area contributed by atoms with Crippen molar-refractivity contribution in [2.75, 3.05) is 0 Å². The van der Waals surface area contributed by atoms with Crippen LogP contribution in [-0.4, -0.2) is 24.2 Å². The summed E-state index contributed by atoms with van der Waals surface area (Å²) in [7, 11) is 0. The third-order valence-corrected chi connectivity index (χ3v) is 3.74. The molecule has 0 unspecified atom stereocenters. The lowest BCUT2D eigenvalue weighted by atomic mass is 9.98. The summed E-state index contributed by atoms with van der Waals surface area (Å²) in [5, 5.41) is 7.66. The van der Waals surface area contributed by atoms with Crippen molar-refractivity contribution in [2.45, 2.75) is 6.42 Å². The number of carbonyl (C=O) groups is 2. The molecule has 0 atom stereocenters. The molecular weight excluding hydrogens is 360 g/mol. The van der Waals surface area contributed by atoms with Gasteiger partial charge in [-0.05, 0) is 36.2 Å². The van der Waals surface area contributed by atoms with Gasteiger partial charge in [0.05, 0.1) is 25.0 Å². The molecule has 8 heteroatoms. The maximum absolute atomic E-state index is 12.5. The lowest BCUT2D eigenvalue weighted by molar-refractivity contribution is -0.135. The van der Waals surface area contributed by atoms with Gasteiger partial charge in [0, 0.05) is 0 Å². The van der Waals surface area contributed by atoms with E-state index in [4.69, 9.17) is 8.83 Å². The lowest BCUT2D eigenvalue weighted by Gasteiger charge is -2.13. The molecule has 0 saturated heterocycles. The van der Waals surface area contributed by atoms with Crippen LogP contribution < -0.4 is 10.9 Å². The average molecular weight is 378 g/mol. The van der Waals surface area contributed by atoms with Crippen molar-refractivity contribution in [1.29, 1.82) is 0 Å². The third-order valence-electron chi connectivity index (χ3n) is 3.74. The number of nitrogens with one attached hydrogen (secondary N) is 2. The number of hydrazone groups is 2. The predicted octanol–water partition coefficient (Wildman–Crippen LogP) is 2.33. The Balaban J connectivity index is 1.66. The van der Waals surface area contributed by atoms with Crippen molar-refractivity contribution in [3.8, 4) is 0 Å². The highest BCUT2D eigenvalue weighted by atomic mass is 16.3. The number of furan rings is 2. The van der Waals surface area contributed by atoms with E-state index in [-0.39, 0.29) is 6.42 Å². The second-order valence-corrected chi connectivity index (χ2v) is 5.74. The number of hydrogen-bond donors (Lipinski definition) is 2.